The molecule has 0 aliphatic rings. The Labute approximate surface area is 128 Å². The number of benzene rings is 1. The Morgan fingerprint density at radius 3 is 2.65 bits per heavy atom. The molecular formula is C13H18ClN5S. The van der Waals surface area contributed by atoms with Crippen LogP contribution in [0.1, 0.15) is 26.3 Å². The summed E-state index contributed by atoms with van der Waals surface area (Å²) in [7, 11) is 1.81. The van der Waals surface area contributed by atoms with Gasteiger partial charge in [-0.1, -0.05) is 17.7 Å². The molecule has 1 heterocycles. The van der Waals surface area contributed by atoms with Crippen molar-refractivity contribution < 1.29 is 0 Å². The largest absolute Gasteiger partial charge is 0.308 e. The van der Waals surface area contributed by atoms with E-state index in [1.807, 2.05) is 25.2 Å². The standard InChI is InChI=1S/C13H18ClN5S/c1-13(2,3)15-8-9-5-6-10(7-11(9)14)20-12-16-17-18-19(12)4/h5-7,15H,8H2,1-4H3. The lowest BCUT2D eigenvalue weighted by atomic mass is 10.1. The average molecular weight is 312 g/mol. The van der Waals surface area contributed by atoms with Gasteiger partial charge in [0.25, 0.3) is 0 Å². The first kappa shape index (κ1) is 15.3. The third-order valence-electron chi connectivity index (χ3n) is 2.62. The summed E-state index contributed by atoms with van der Waals surface area (Å²) in [4.78, 5) is 1.02. The summed E-state index contributed by atoms with van der Waals surface area (Å²) < 4.78 is 1.63. The monoisotopic (exact) mass is 311 g/mol. The maximum absolute atomic E-state index is 6.33. The number of tetrazole rings is 1. The first-order chi connectivity index (χ1) is 9.35. The number of nitrogens with one attached hydrogen (secondary N) is 1. The molecule has 0 aliphatic heterocycles. The minimum Gasteiger partial charge on any atom is -0.308 e. The summed E-state index contributed by atoms with van der Waals surface area (Å²) in [5, 5.41) is 16.3. The van der Waals surface area contributed by atoms with Crippen molar-refractivity contribution >= 4 is 23.4 Å². The molecular weight excluding hydrogens is 294 g/mol. The van der Waals surface area contributed by atoms with Crippen molar-refractivity contribution in [2.45, 2.75) is 42.9 Å². The lowest BCUT2D eigenvalue weighted by molar-refractivity contribution is 0.424. The smallest absolute Gasteiger partial charge is 0.213 e. The van der Waals surface area contributed by atoms with E-state index in [9.17, 15) is 0 Å². The zero-order valence-corrected chi connectivity index (χ0v) is 13.6. The molecule has 1 aromatic heterocycles. The summed E-state index contributed by atoms with van der Waals surface area (Å²) in [6.07, 6.45) is 0. The molecule has 0 saturated heterocycles. The first-order valence-corrected chi connectivity index (χ1v) is 7.48. The van der Waals surface area contributed by atoms with Crippen molar-refractivity contribution in [2.24, 2.45) is 7.05 Å². The molecule has 1 aromatic carbocycles. The van der Waals surface area contributed by atoms with E-state index >= 15 is 0 Å². The van der Waals surface area contributed by atoms with Crippen LogP contribution >= 0.6 is 23.4 Å². The van der Waals surface area contributed by atoms with Crippen molar-refractivity contribution in [3.8, 4) is 0 Å². The van der Waals surface area contributed by atoms with E-state index in [1.165, 1.54) is 11.8 Å². The molecule has 0 bridgehead atoms. The molecule has 0 radical (unpaired) electrons. The molecule has 20 heavy (non-hydrogen) atoms. The van der Waals surface area contributed by atoms with E-state index in [0.29, 0.717) is 0 Å². The van der Waals surface area contributed by atoms with Crippen LogP contribution in [0, 0.1) is 0 Å². The van der Waals surface area contributed by atoms with Crippen LogP contribution in [-0.2, 0) is 13.6 Å². The van der Waals surface area contributed by atoms with Crippen molar-refractivity contribution in [2.75, 3.05) is 0 Å². The number of rotatable bonds is 4. The number of halogens is 1. The predicted octanol–water partition coefficient (Wildman–Crippen LogP) is 2.90. The highest BCUT2D eigenvalue weighted by Crippen LogP contribution is 2.29. The topological polar surface area (TPSA) is 55.6 Å². The van der Waals surface area contributed by atoms with Crippen LogP contribution in [0.2, 0.25) is 5.02 Å². The molecule has 2 aromatic rings. The third-order valence-corrected chi connectivity index (χ3v) is 3.99. The Morgan fingerprint density at radius 1 is 1.35 bits per heavy atom. The Morgan fingerprint density at radius 2 is 2.10 bits per heavy atom. The molecule has 2 rings (SSSR count). The Hall–Kier alpha value is -1.11. The van der Waals surface area contributed by atoms with Crippen LogP contribution in [0.3, 0.4) is 0 Å². The van der Waals surface area contributed by atoms with Crippen LogP contribution in [0.5, 0.6) is 0 Å². The van der Waals surface area contributed by atoms with E-state index in [2.05, 4.69) is 41.6 Å². The zero-order chi connectivity index (χ0) is 14.8. The second kappa shape index (κ2) is 6.11. The van der Waals surface area contributed by atoms with Gasteiger partial charge >= 0.3 is 0 Å². The summed E-state index contributed by atoms with van der Waals surface area (Å²) in [5.74, 6) is 0. The molecule has 0 aliphatic carbocycles. The molecule has 0 atom stereocenters. The Kier molecular flexibility index (Phi) is 4.67. The maximum atomic E-state index is 6.33. The zero-order valence-electron chi connectivity index (χ0n) is 12.0. The van der Waals surface area contributed by atoms with Crippen LogP contribution in [-0.4, -0.2) is 25.7 Å². The molecule has 0 saturated carbocycles. The van der Waals surface area contributed by atoms with E-state index in [-0.39, 0.29) is 5.54 Å². The van der Waals surface area contributed by atoms with Gasteiger partial charge in [-0.15, -0.1) is 5.10 Å². The lowest BCUT2D eigenvalue weighted by Gasteiger charge is -2.21. The normalized spacial score (nSPS) is 11.8. The van der Waals surface area contributed by atoms with E-state index < -0.39 is 0 Å². The summed E-state index contributed by atoms with van der Waals surface area (Å²) in [6.45, 7) is 7.14. The minimum absolute atomic E-state index is 0.0705. The third kappa shape index (κ3) is 4.19. The lowest BCUT2D eigenvalue weighted by Crippen LogP contribution is -2.35. The quantitative estimate of drug-likeness (QED) is 0.941. The molecule has 0 fully saturated rings. The first-order valence-electron chi connectivity index (χ1n) is 6.29. The maximum Gasteiger partial charge on any atom is 0.213 e. The molecule has 0 spiro atoms. The molecule has 1 N–H and O–H groups in total. The highest BCUT2D eigenvalue weighted by molar-refractivity contribution is 7.99. The van der Waals surface area contributed by atoms with Gasteiger partial charge in [0.05, 0.1) is 0 Å². The van der Waals surface area contributed by atoms with Crippen molar-refractivity contribution in [1.82, 2.24) is 25.5 Å². The van der Waals surface area contributed by atoms with Crippen molar-refractivity contribution in [3.05, 3.63) is 28.8 Å². The number of nitrogens with zero attached hydrogens (tertiary/aromatic N) is 4. The molecule has 0 unspecified atom stereocenters. The minimum atomic E-state index is 0.0705. The van der Waals surface area contributed by atoms with Gasteiger partial charge < -0.3 is 5.32 Å². The average Bonchev–Trinajstić information content (AvgIpc) is 2.73. The fourth-order valence-corrected chi connectivity index (χ4v) is 2.59. The van der Waals surface area contributed by atoms with Crippen LogP contribution in [0.25, 0.3) is 0 Å². The Bertz CT molecular complexity index is 591. The van der Waals surface area contributed by atoms with Gasteiger partial charge in [-0.25, -0.2) is 4.68 Å². The van der Waals surface area contributed by atoms with Crippen molar-refractivity contribution in [3.63, 3.8) is 0 Å². The van der Waals surface area contributed by atoms with E-state index in [4.69, 9.17) is 11.6 Å². The number of hydrogen-bond acceptors (Lipinski definition) is 5. The van der Waals surface area contributed by atoms with Crippen molar-refractivity contribution in [1.29, 1.82) is 0 Å². The highest BCUT2D eigenvalue weighted by Gasteiger charge is 2.11. The molecule has 5 nitrogen and oxygen atoms in total. The predicted molar refractivity (Wildman–Crippen MR) is 81.0 cm³/mol. The summed E-state index contributed by atoms with van der Waals surface area (Å²) in [6, 6.07) is 6.01. The van der Waals surface area contributed by atoms with Gasteiger partial charge in [-0.05, 0) is 60.7 Å². The molecule has 108 valence electrons. The van der Waals surface area contributed by atoms with E-state index in [1.54, 1.807) is 4.68 Å². The van der Waals surface area contributed by atoms with Gasteiger partial charge in [-0.3, -0.25) is 0 Å². The van der Waals surface area contributed by atoms with Crippen LogP contribution in [0.15, 0.2) is 28.3 Å². The molecule has 7 heteroatoms. The fraction of sp³-hybridized carbons (Fsp3) is 0.462. The second-order valence-electron chi connectivity index (χ2n) is 5.54. The van der Waals surface area contributed by atoms with Gasteiger partial charge in [0, 0.05) is 29.0 Å². The number of hydrogen-bond donors (Lipinski definition) is 1. The van der Waals surface area contributed by atoms with Gasteiger partial charge in [0.2, 0.25) is 5.16 Å². The molecule has 0 amide bonds. The van der Waals surface area contributed by atoms with Crippen LogP contribution < -0.4 is 5.32 Å². The second-order valence-corrected chi connectivity index (χ2v) is 6.99. The van der Waals surface area contributed by atoms with Gasteiger partial charge in [0.1, 0.15) is 0 Å². The summed E-state index contributed by atoms with van der Waals surface area (Å²) >= 11 is 7.82. The van der Waals surface area contributed by atoms with Crippen LogP contribution in [0.4, 0.5) is 0 Å². The Balaban J connectivity index is 2.08. The fourth-order valence-electron chi connectivity index (χ4n) is 1.51. The van der Waals surface area contributed by atoms with Gasteiger partial charge in [-0.2, -0.15) is 0 Å². The van der Waals surface area contributed by atoms with Gasteiger partial charge in [0.15, 0.2) is 0 Å². The SMILES string of the molecule is Cn1nnnc1Sc1ccc(CNC(C)(C)C)c(Cl)c1. The highest BCUT2D eigenvalue weighted by atomic mass is 35.5. The summed E-state index contributed by atoms with van der Waals surface area (Å²) in [5.41, 5.74) is 1.16. The number of aromatic nitrogens is 4. The van der Waals surface area contributed by atoms with E-state index in [0.717, 1.165) is 27.2 Å². The number of aryl methyl sites for hydroxylation is 1.